The van der Waals surface area contributed by atoms with E-state index in [1.807, 2.05) is 35.1 Å². The van der Waals surface area contributed by atoms with E-state index in [-0.39, 0.29) is 0 Å². The maximum atomic E-state index is 4.70. The van der Waals surface area contributed by atoms with E-state index in [9.17, 15) is 0 Å². The number of hydrogen-bond donors (Lipinski definition) is 1. The van der Waals surface area contributed by atoms with Crippen LogP contribution in [-0.4, -0.2) is 45.2 Å². The predicted octanol–water partition coefficient (Wildman–Crippen LogP) is 2.19. The zero-order valence-electron chi connectivity index (χ0n) is 13.6. The number of hydrogen-bond acceptors (Lipinski definition) is 4. The maximum absolute atomic E-state index is 4.70. The van der Waals surface area contributed by atoms with Crippen LogP contribution >= 0.6 is 0 Å². The van der Waals surface area contributed by atoms with Gasteiger partial charge in [-0.15, -0.1) is 0 Å². The molecule has 5 rings (SSSR count). The van der Waals surface area contributed by atoms with Crippen LogP contribution in [0.1, 0.15) is 12.0 Å². The summed E-state index contributed by atoms with van der Waals surface area (Å²) in [6.07, 6.45) is 7.37. The molecule has 1 N–H and O–H groups in total. The van der Waals surface area contributed by atoms with Crippen molar-refractivity contribution in [1.82, 2.24) is 24.8 Å². The van der Waals surface area contributed by atoms with Crippen LogP contribution in [0.3, 0.4) is 0 Å². The van der Waals surface area contributed by atoms with Gasteiger partial charge in [-0.2, -0.15) is 5.10 Å². The van der Waals surface area contributed by atoms with Gasteiger partial charge in [0.25, 0.3) is 0 Å². The molecule has 4 heterocycles. The Labute approximate surface area is 141 Å². The van der Waals surface area contributed by atoms with Gasteiger partial charge in [-0.3, -0.25) is 4.90 Å². The number of aromatic nitrogens is 3. The molecule has 0 radical (unpaired) electrons. The van der Waals surface area contributed by atoms with Gasteiger partial charge in [-0.1, -0.05) is 30.3 Å². The van der Waals surface area contributed by atoms with Crippen molar-refractivity contribution in [2.45, 2.75) is 19.0 Å². The second-order valence-corrected chi connectivity index (χ2v) is 6.90. The van der Waals surface area contributed by atoms with Crippen molar-refractivity contribution >= 4 is 5.65 Å². The van der Waals surface area contributed by atoms with Gasteiger partial charge in [0.1, 0.15) is 0 Å². The average molecular weight is 319 g/mol. The Morgan fingerprint density at radius 2 is 2.04 bits per heavy atom. The van der Waals surface area contributed by atoms with E-state index in [1.54, 1.807) is 0 Å². The first-order valence-electron chi connectivity index (χ1n) is 8.71. The molecule has 2 aliphatic rings. The molecule has 3 aromatic rings. The zero-order valence-corrected chi connectivity index (χ0v) is 13.6. The highest BCUT2D eigenvalue weighted by atomic mass is 15.3. The molecular weight excluding hydrogens is 298 g/mol. The molecule has 24 heavy (non-hydrogen) atoms. The summed E-state index contributed by atoms with van der Waals surface area (Å²) in [6, 6.07) is 11.0. The fraction of sp³-hybridized carbons (Fsp3) is 0.368. The summed E-state index contributed by atoms with van der Waals surface area (Å²) in [5.41, 5.74) is 4.40. The van der Waals surface area contributed by atoms with Crippen molar-refractivity contribution in [3.63, 3.8) is 0 Å². The van der Waals surface area contributed by atoms with E-state index in [4.69, 9.17) is 4.98 Å². The van der Waals surface area contributed by atoms with Crippen LogP contribution < -0.4 is 5.32 Å². The number of rotatable bonds is 3. The minimum absolute atomic E-state index is 0.693. The molecular formula is C19H21N5. The van der Waals surface area contributed by atoms with Crippen molar-refractivity contribution in [3.8, 4) is 11.1 Å². The van der Waals surface area contributed by atoms with Gasteiger partial charge in [-0.25, -0.2) is 9.50 Å². The van der Waals surface area contributed by atoms with Crippen molar-refractivity contribution in [3.05, 3.63) is 54.5 Å². The van der Waals surface area contributed by atoms with E-state index in [0.717, 1.165) is 35.8 Å². The number of nitrogens with one attached hydrogen (secondary N) is 1. The average Bonchev–Trinajstić information content (AvgIpc) is 3.32. The molecule has 122 valence electrons. The van der Waals surface area contributed by atoms with E-state index in [0.29, 0.717) is 6.04 Å². The highest BCUT2D eigenvalue weighted by Gasteiger charge is 2.37. The lowest BCUT2D eigenvalue weighted by Crippen LogP contribution is -2.33. The predicted molar refractivity (Wildman–Crippen MR) is 93.6 cm³/mol. The number of benzene rings is 1. The molecule has 0 aliphatic carbocycles. The summed E-state index contributed by atoms with van der Waals surface area (Å²) in [4.78, 5) is 7.30. The van der Waals surface area contributed by atoms with Crippen molar-refractivity contribution in [2.75, 3.05) is 19.6 Å². The first-order chi connectivity index (χ1) is 11.9. The molecule has 5 heteroatoms. The molecule has 2 aromatic heterocycles. The first kappa shape index (κ1) is 14.1. The van der Waals surface area contributed by atoms with E-state index < -0.39 is 0 Å². The molecule has 2 aliphatic heterocycles. The van der Waals surface area contributed by atoms with Crippen LogP contribution in [0.25, 0.3) is 16.8 Å². The fourth-order valence-corrected chi connectivity index (χ4v) is 4.19. The van der Waals surface area contributed by atoms with E-state index in [1.165, 1.54) is 25.1 Å². The summed E-state index contributed by atoms with van der Waals surface area (Å²) in [7, 11) is 0. The maximum Gasteiger partial charge on any atom is 0.162 e. The lowest BCUT2D eigenvalue weighted by molar-refractivity contribution is 0.243. The normalized spacial score (nSPS) is 23.8. The lowest BCUT2D eigenvalue weighted by Gasteiger charge is -2.22. The quantitative estimate of drug-likeness (QED) is 0.804. The third kappa shape index (κ3) is 2.32. The monoisotopic (exact) mass is 319 g/mol. The summed E-state index contributed by atoms with van der Waals surface area (Å²) in [5.74, 6) is 0.830. The smallest absolute Gasteiger partial charge is 0.162 e. The molecule has 0 spiro atoms. The lowest BCUT2D eigenvalue weighted by atomic mass is 10.1. The molecule has 2 fully saturated rings. The van der Waals surface area contributed by atoms with Crippen molar-refractivity contribution < 1.29 is 0 Å². The van der Waals surface area contributed by atoms with Crippen molar-refractivity contribution in [1.29, 1.82) is 0 Å². The number of fused-ring (bicyclic) bond motifs is 2. The van der Waals surface area contributed by atoms with Crippen LogP contribution in [0, 0.1) is 5.92 Å². The van der Waals surface area contributed by atoms with Crippen LogP contribution in [0.5, 0.6) is 0 Å². The molecule has 2 atom stereocenters. The Kier molecular flexibility index (Phi) is 3.35. The molecule has 2 saturated heterocycles. The van der Waals surface area contributed by atoms with Gasteiger partial charge in [0.05, 0.1) is 6.20 Å². The topological polar surface area (TPSA) is 45.5 Å². The molecule has 1 aromatic carbocycles. The minimum Gasteiger partial charge on any atom is -0.315 e. The molecule has 0 bridgehead atoms. The minimum atomic E-state index is 0.693. The molecule has 0 amide bonds. The summed E-state index contributed by atoms with van der Waals surface area (Å²) in [5, 5.41) is 8.04. The Bertz CT molecular complexity index is 857. The van der Waals surface area contributed by atoms with E-state index >= 15 is 0 Å². The van der Waals surface area contributed by atoms with Crippen molar-refractivity contribution in [2.24, 2.45) is 5.92 Å². The molecule has 0 unspecified atom stereocenters. The Morgan fingerprint density at radius 3 is 2.96 bits per heavy atom. The molecule has 0 saturated carbocycles. The second-order valence-electron chi connectivity index (χ2n) is 6.90. The standard InChI is InChI=1S/C19H21N5/c1-2-4-15(5-3-1)17-10-22-24-13-14(8-21-19(17)24)12-23-7-6-16-9-20-11-18(16)23/h1-5,8,10,13,16,18,20H,6-7,9,11-12H2/t16-,18+/m1/s1. The second kappa shape index (κ2) is 5.69. The highest BCUT2D eigenvalue weighted by Crippen LogP contribution is 2.29. The Balaban J connectivity index is 1.43. The third-order valence-corrected chi connectivity index (χ3v) is 5.44. The van der Waals surface area contributed by atoms with Crippen LogP contribution in [0.15, 0.2) is 48.9 Å². The fourth-order valence-electron chi connectivity index (χ4n) is 4.19. The molecule has 5 nitrogen and oxygen atoms in total. The summed E-state index contributed by atoms with van der Waals surface area (Å²) in [6.45, 7) is 4.47. The van der Waals surface area contributed by atoms with Gasteiger partial charge in [0.15, 0.2) is 5.65 Å². The first-order valence-corrected chi connectivity index (χ1v) is 8.71. The van der Waals surface area contributed by atoms with Gasteiger partial charge in [0, 0.05) is 42.7 Å². The number of nitrogens with zero attached hydrogens (tertiary/aromatic N) is 4. The summed E-state index contributed by atoms with van der Waals surface area (Å²) >= 11 is 0. The van der Waals surface area contributed by atoms with Gasteiger partial charge >= 0.3 is 0 Å². The SMILES string of the molecule is c1ccc(-c2cnn3cc(CN4CC[C@@H]5CNC[C@@H]54)cnc23)cc1. The van der Waals surface area contributed by atoms with Crippen LogP contribution in [0.4, 0.5) is 0 Å². The van der Waals surface area contributed by atoms with Gasteiger partial charge in [-0.05, 0) is 31.0 Å². The van der Waals surface area contributed by atoms with E-state index in [2.05, 4.69) is 33.6 Å². The van der Waals surface area contributed by atoms with Crippen LogP contribution in [-0.2, 0) is 6.54 Å². The zero-order chi connectivity index (χ0) is 15.9. The largest absolute Gasteiger partial charge is 0.315 e. The third-order valence-electron chi connectivity index (χ3n) is 5.44. The van der Waals surface area contributed by atoms with Gasteiger partial charge in [0.2, 0.25) is 0 Å². The number of likely N-dealkylation sites (tertiary alicyclic amines) is 1. The summed E-state index contributed by atoms with van der Waals surface area (Å²) < 4.78 is 1.91. The van der Waals surface area contributed by atoms with Crippen LogP contribution in [0.2, 0.25) is 0 Å². The Hall–Kier alpha value is -2.24. The highest BCUT2D eigenvalue weighted by molar-refractivity contribution is 5.76. The Morgan fingerprint density at radius 1 is 1.12 bits per heavy atom. The van der Waals surface area contributed by atoms with Gasteiger partial charge < -0.3 is 5.32 Å².